The van der Waals surface area contributed by atoms with Crippen LogP contribution < -0.4 is 0 Å². The van der Waals surface area contributed by atoms with Gasteiger partial charge in [0.05, 0.1) is 5.41 Å². The summed E-state index contributed by atoms with van der Waals surface area (Å²) >= 11 is 0. The van der Waals surface area contributed by atoms with Crippen molar-refractivity contribution in [1.82, 2.24) is 4.90 Å². The van der Waals surface area contributed by atoms with Gasteiger partial charge in [0.15, 0.2) is 0 Å². The van der Waals surface area contributed by atoms with Gasteiger partial charge in [0, 0.05) is 19.0 Å². The number of benzene rings is 1. The van der Waals surface area contributed by atoms with Gasteiger partial charge in [-0.3, -0.25) is 4.79 Å². The van der Waals surface area contributed by atoms with Crippen molar-refractivity contribution in [2.45, 2.75) is 26.2 Å². The number of hydrogen-bond donors (Lipinski definition) is 1. The second kappa shape index (κ2) is 4.73. The van der Waals surface area contributed by atoms with Crippen LogP contribution in [-0.4, -0.2) is 36.1 Å². The molecule has 1 saturated heterocycles. The van der Waals surface area contributed by atoms with Crippen molar-refractivity contribution in [3.8, 4) is 0 Å². The number of carboxylic acids is 1. The lowest BCUT2D eigenvalue weighted by Crippen LogP contribution is -2.41. The fraction of sp³-hybridized carbons (Fsp3) is 0.533. The van der Waals surface area contributed by atoms with Crippen LogP contribution in [0.25, 0.3) is 0 Å². The third kappa shape index (κ3) is 2.72. The van der Waals surface area contributed by atoms with Gasteiger partial charge < -0.3 is 10.0 Å². The molecule has 1 N–H and O–H groups in total. The minimum absolute atomic E-state index is 0.582. The van der Waals surface area contributed by atoms with Crippen LogP contribution in [0, 0.1) is 5.41 Å². The number of carboxylic acid groups (broad SMARTS) is 1. The van der Waals surface area contributed by atoms with Crippen LogP contribution in [0.5, 0.6) is 0 Å². The smallest absolute Gasteiger partial charge is 0.309 e. The van der Waals surface area contributed by atoms with Crippen LogP contribution in [0.1, 0.15) is 30.9 Å². The highest BCUT2D eigenvalue weighted by atomic mass is 16.4. The first-order chi connectivity index (χ1) is 8.38. The molecule has 0 amide bonds. The highest BCUT2D eigenvalue weighted by molar-refractivity contribution is 5.74. The largest absolute Gasteiger partial charge is 0.481 e. The Labute approximate surface area is 108 Å². The molecule has 1 aromatic rings. The maximum Gasteiger partial charge on any atom is 0.309 e. The quantitative estimate of drug-likeness (QED) is 0.888. The maximum absolute atomic E-state index is 11.1. The van der Waals surface area contributed by atoms with E-state index in [0.29, 0.717) is 12.3 Å². The van der Waals surface area contributed by atoms with Crippen molar-refractivity contribution in [3.05, 3.63) is 35.4 Å². The van der Waals surface area contributed by atoms with Crippen LogP contribution >= 0.6 is 0 Å². The van der Waals surface area contributed by atoms with Crippen molar-refractivity contribution in [2.24, 2.45) is 5.41 Å². The van der Waals surface area contributed by atoms with Gasteiger partial charge in [-0.05, 0) is 38.4 Å². The molecule has 0 saturated carbocycles. The third-order valence-corrected chi connectivity index (χ3v) is 3.71. The van der Waals surface area contributed by atoms with Gasteiger partial charge >= 0.3 is 5.97 Å². The van der Waals surface area contributed by atoms with E-state index >= 15 is 0 Å². The summed E-state index contributed by atoms with van der Waals surface area (Å²) in [6.45, 7) is 5.76. The summed E-state index contributed by atoms with van der Waals surface area (Å²) in [6.07, 6.45) is 0.582. The lowest BCUT2D eigenvalue weighted by atomic mass is 9.84. The van der Waals surface area contributed by atoms with Gasteiger partial charge in [-0.2, -0.15) is 0 Å². The van der Waals surface area contributed by atoms with Crippen molar-refractivity contribution in [1.29, 1.82) is 0 Å². The first-order valence-corrected chi connectivity index (χ1v) is 6.39. The van der Waals surface area contributed by atoms with Crippen molar-refractivity contribution < 1.29 is 9.90 Å². The topological polar surface area (TPSA) is 40.5 Å². The van der Waals surface area contributed by atoms with Crippen molar-refractivity contribution in [3.63, 3.8) is 0 Å². The summed E-state index contributed by atoms with van der Waals surface area (Å²) in [6, 6.07) is 8.38. The second-order valence-corrected chi connectivity index (χ2v) is 6.03. The summed E-state index contributed by atoms with van der Waals surface area (Å²) in [5.41, 5.74) is 1.76. The zero-order valence-electron chi connectivity index (χ0n) is 11.3. The van der Waals surface area contributed by atoms with E-state index in [1.807, 2.05) is 12.1 Å². The van der Waals surface area contributed by atoms with Gasteiger partial charge in [-0.1, -0.05) is 24.3 Å². The molecular weight excluding hydrogens is 226 g/mol. The lowest BCUT2D eigenvalue weighted by molar-refractivity contribution is -0.146. The van der Waals surface area contributed by atoms with Crippen LogP contribution in [0.2, 0.25) is 0 Å². The third-order valence-electron chi connectivity index (χ3n) is 3.71. The Hall–Kier alpha value is -1.35. The second-order valence-electron chi connectivity index (χ2n) is 6.03. The minimum Gasteiger partial charge on any atom is -0.481 e. The van der Waals surface area contributed by atoms with E-state index in [9.17, 15) is 4.79 Å². The zero-order chi connectivity index (χ0) is 13.3. The Morgan fingerprint density at radius 3 is 2.67 bits per heavy atom. The van der Waals surface area contributed by atoms with Crippen molar-refractivity contribution in [2.75, 3.05) is 20.1 Å². The van der Waals surface area contributed by atoms with Crippen LogP contribution in [0.3, 0.4) is 0 Å². The number of aliphatic carboxylic acids is 1. The van der Waals surface area contributed by atoms with Crippen LogP contribution in [0.4, 0.5) is 0 Å². The molecule has 1 heterocycles. The summed E-state index contributed by atoms with van der Waals surface area (Å²) in [4.78, 5) is 13.4. The first kappa shape index (κ1) is 13.1. The zero-order valence-corrected chi connectivity index (χ0v) is 11.3. The summed E-state index contributed by atoms with van der Waals surface area (Å²) in [5.74, 6) is -0.126. The Morgan fingerprint density at radius 2 is 2.11 bits per heavy atom. The van der Waals surface area contributed by atoms with E-state index in [-0.39, 0.29) is 0 Å². The highest BCUT2D eigenvalue weighted by Gasteiger charge is 2.28. The monoisotopic (exact) mass is 247 g/mol. The molecule has 0 aromatic heterocycles. The van der Waals surface area contributed by atoms with Crippen molar-refractivity contribution >= 4 is 5.97 Å². The molecule has 1 aliphatic rings. The number of nitrogens with zero attached hydrogens (tertiary/aromatic N) is 1. The molecule has 1 aliphatic heterocycles. The molecule has 2 rings (SSSR count). The SMILES string of the molecule is CN1CC(c2cccc(CC(C)(C)C(=O)O)c2)C1. The summed E-state index contributed by atoms with van der Waals surface area (Å²) < 4.78 is 0. The molecule has 0 radical (unpaired) electrons. The number of likely N-dealkylation sites (tertiary alicyclic amines) is 1. The predicted octanol–water partition coefficient (Wildman–Crippen LogP) is 2.37. The Balaban J connectivity index is 2.10. The molecule has 0 aliphatic carbocycles. The highest BCUT2D eigenvalue weighted by Crippen LogP contribution is 2.28. The maximum atomic E-state index is 11.1. The molecule has 0 unspecified atom stereocenters. The number of rotatable bonds is 4. The fourth-order valence-electron chi connectivity index (χ4n) is 2.45. The van der Waals surface area contributed by atoms with E-state index in [4.69, 9.17) is 5.11 Å². The molecular formula is C15H21NO2. The van der Waals surface area contributed by atoms with Gasteiger partial charge in [-0.15, -0.1) is 0 Å². The molecule has 18 heavy (non-hydrogen) atoms. The normalized spacial score (nSPS) is 17.5. The molecule has 0 bridgehead atoms. The van der Waals surface area contributed by atoms with Gasteiger partial charge in [0.2, 0.25) is 0 Å². The van der Waals surface area contributed by atoms with Crippen LogP contribution in [0.15, 0.2) is 24.3 Å². The van der Waals surface area contributed by atoms with Gasteiger partial charge in [0.1, 0.15) is 0 Å². The first-order valence-electron chi connectivity index (χ1n) is 6.39. The Morgan fingerprint density at radius 1 is 1.44 bits per heavy atom. The molecule has 0 spiro atoms. The molecule has 98 valence electrons. The summed E-state index contributed by atoms with van der Waals surface area (Å²) in [7, 11) is 2.12. The molecule has 0 atom stereocenters. The van der Waals surface area contributed by atoms with Gasteiger partial charge in [0.25, 0.3) is 0 Å². The lowest BCUT2D eigenvalue weighted by Gasteiger charge is -2.36. The number of hydrogen-bond acceptors (Lipinski definition) is 2. The molecule has 3 heteroatoms. The Bertz CT molecular complexity index is 448. The van der Waals surface area contributed by atoms with E-state index < -0.39 is 11.4 Å². The molecule has 1 aromatic carbocycles. The summed E-state index contributed by atoms with van der Waals surface area (Å²) in [5, 5.41) is 9.17. The predicted molar refractivity (Wildman–Crippen MR) is 71.8 cm³/mol. The fourth-order valence-corrected chi connectivity index (χ4v) is 2.45. The van der Waals surface area contributed by atoms with E-state index in [2.05, 4.69) is 24.1 Å². The average molecular weight is 247 g/mol. The van der Waals surface area contributed by atoms with E-state index in [1.54, 1.807) is 13.8 Å². The Kier molecular flexibility index (Phi) is 3.44. The van der Waals surface area contributed by atoms with E-state index in [0.717, 1.165) is 18.7 Å². The number of likely N-dealkylation sites (N-methyl/N-ethyl adjacent to an activating group) is 1. The van der Waals surface area contributed by atoms with Crippen LogP contribution in [-0.2, 0) is 11.2 Å². The van der Waals surface area contributed by atoms with Gasteiger partial charge in [-0.25, -0.2) is 0 Å². The molecule has 1 fully saturated rings. The number of carbonyl (C=O) groups is 1. The molecule has 3 nitrogen and oxygen atoms in total. The standard InChI is InChI=1S/C15H21NO2/c1-15(2,14(17)18)8-11-5-4-6-12(7-11)13-9-16(3)10-13/h4-7,13H,8-10H2,1-3H3,(H,17,18). The van der Waals surface area contributed by atoms with E-state index in [1.165, 1.54) is 5.56 Å². The average Bonchev–Trinajstić information content (AvgIpc) is 2.24. The minimum atomic E-state index is -0.740.